The number of hydrogen-bond acceptors (Lipinski definition) is 5. The molecule has 3 heterocycles. The average Bonchev–Trinajstić information content (AvgIpc) is 3.13. The van der Waals surface area contributed by atoms with Crippen LogP contribution in [0.1, 0.15) is 12.8 Å². The first-order chi connectivity index (χ1) is 11.8. The van der Waals surface area contributed by atoms with E-state index in [9.17, 15) is 0 Å². The zero-order chi connectivity index (χ0) is 16.4. The number of piperazine rings is 1. The smallest absolute Gasteiger partial charge is 0.223 e. The lowest BCUT2D eigenvalue weighted by Gasteiger charge is -2.34. The number of pyridine rings is 1. The molecule has 0 aliphatic carbocycles. The van der Waals surface area contributed by atoms with Crippen LogP contribution in [0.4, 0.5) is 5.69 Å². The Labute approximate surface area is 143 Å². The molecule has 2 aliphatic rings. The summed E-state index contributed by atoms with van der Waals surface area (Å²) >= 11 is 0. The van der Waals surface area contributed by atoms with Crippen LogP contribution in [-0.4, -0.2) is 62.4 Å². The first kappa shape index (κ1) is 15.7. The third-order valence-corrected chi connectivity index (χ3v) is 5.01. The molecule has 1 aromatic carbocycles. The van der Waals surface area contributed by atoms with E-state index in [0.29, 0.717) is 6.61 Å². The molecule has 4 rings (SSSR count). The van der Waals surface area contributed by atoms with Gasteiger partial charge in [-0.2, -0.15) is 0 Å². The Morgan fingerprint density at radius 1 is 1.21 bits per heavy atom. The van der Waals surface area contributed by atoms with Gasteiger partial charge in [0.15, 0.2) is 0 Å². The summed E-state index contributed by atoms with van der Waals surface area (Å²) in [5.41, 5.74) is 1.23. The summed E-state index contributed by atoms with van der Waals surface area (Å²) in [6.45, 7) is 5.68. The maximum Gasteiger partial charge on any atom is 0.223 e. The molecule has 128 valence electrons. The zero-order valence-corrected chi connectivity index (χ0v) is 14.3. The number of rotatable bonds is 4. The Hall–Kier alpha value is -1.85. The van der Waals surface area contributed by atoms with Gasteiger partial charge in [0.2, 0.25) is 5.88 Å². The zero-order valence-electron chi connectivity index (χ0n) is 14.3. The van der Waals surface area contributed by atoms with Crippen LogP contribution in [-0.2, 0) is 4.74 Å². The molecule has 2 saturated heterocycles. The molecule has 1 aromatic heterocycles. The summed E-state index contributed by atoms with van der Waals surface area (Å²) in [7, 11) is 2.18. The second-order valence-electron chi connectivity index (χ2n) is 6.73. The lowest BCUT2D eigenvalue weighted by Crippen LogP contribution is -2.44. The van der Waals surface area contributed by atoms with Gasteiger partial charge in [0, 0.05) is 39.0 Å². The molecule has 0 amide bonds. The summed E-state index contributed by atoms with van der Waals surface area (Å²) in [5, 5.41) is 2.31. The van der Waals surface area contributed by atoms with Crippen LogP contribution in [0.25, 0.3) is 10.8 Å². The van der Waals surface area contributed by atoms with Gasteiger partial charge < -0.3 is 19.3 Å². The minimum atomic E-state index is 0.206. The van der Waals surface area contributed by atoms with Crippen molar-refractivity contribution in [1.82, 2.24) is 9.88 Å². The molecule has 0 radical (unpaired) electrons. The Morgan fingerprint density at radius 2 is 2.08 bits per heavy atom. The molecule has 2 fully saturated rings. The van der Waals surface area contributed by atoms with Gasteiger partial charge in [0.25, 0.3) is 0 Å². The molecule has 2 aliphatic heterocycles. The molecular formula is C19H25N3O2. The van der Waals surface area contributed by atoms with E-state index in [0.717, 1.165) is 56.9 Å². The van der Waals surface area contributed by atoms with Gasteiger partial charge in [-0.1, -0.05) is 12.1 Å². The van der Waals surface area contributed by atoms with Crippen LogP contribution in [0, 0.1) is 0 Å². The molecule has 0 saturated carbocycles. The van der Waals surface area contributed by atoms with Crippen molar-refractivity contribution < 1.29 is 9.47 Å². The molecule has 0 N–H and O–H groups in total. The van der Waals surface area contributed by atoms with E-state index in [1.165, 1.54) is 11.1 Å². The molecule has 24 heavy (non-hydrogen) atoms. The van der Waals surface area contributed by atoms with E-state index in [4.69, 9.17) is 9.47 Å². The molecule has 2 aromatic rings. The van der Waals surface area contributed by atoms with Gasteiger partial charge in [0.1, 0.15) is 6.61 Å². The van der Waals surface area contributed by atoms with E-state index < -0.39 is 0 Å². The number of likely N-dealkylation sites (N-methyl/N-ethyl adjacent to an activating group) is 1. The SMILES string of the molecule is CN1CCN(c2cccc3ccnc(OCC4CCCO4)c23)CC1. The fourth-order valence-electron chi connectivity index (χ4n) is 3.55. The van der Waals surface area contributed by atoms with Gasteiger partial charge in [-0.3, -0.25) is 0 Å². The van der Waals surface area contributed by atoms with E-state index in [1.807, 2.05) is 6.20 Å². The summed E-state index contributed by atoms with van der Waals surface area (Å²) in [4.78, 5) is 9.34. The molecule has 0 bridgehead atoms. The highest BCUT2D eigenvalue weighted by molar-refractivity contribution is 5.98. The number of fused-ring (bicyclic) bond motifs is 1. The lowest BCUT2D eigenvalue weighted by atomic mass is 10.1. The van der Waals surface area contributed by atoms with Crippen LogP contribution < -0.4 is 9.64 Å². The monoisotopic (exact) mass is 327 g/mol. The van der Waals surface area contributed by atoms with Gasteiger partial charge in [0.05, 0.1) is 17.2 Å². The van der Waals surface area contributed by atoms with Crippen molar-refractivity contribution in [3.05, 3.63) is 30.5 Å². The van der Waals surface area contributed by atoms with Gasteiger partial charge >= 0.3 is 0 Å². The highest BCUT2D eigenvalue weighted by Gasteiger charge is 2.20. The number of benzene rings is 1. The maximum absolute atomic E-state index is 6.08. The number of anilines is 1. The van der Waals surface area contributed by atoms with Crippen molar-refractivity contribution in [1.29, 1.82) is 0 Å². The van der Waals surface area contributed by atoms with E-state index >= 15 is 0 Å². The number of nitrogens with zero attached hydrogens (tertiary/aromatic N) is 3. The minimum absolute atomic E-state index is 0.206. The van der Waals surface area contributed by atoms with Crippen LogP contribution >= 0.6 is 0 Å². The first-order valence-corrected chi connectivity index (χ1v) is 8.87. The molecule has 5 nitrogen and oxygen atoms in total. The van der Waals surface area contributed by atoms with Crippen molar-refractivity contribution in [2.75, 3.05) is 51.3 Å². The maximum atomic E-state index is 6.08. The second kappa shape index (κ2) is 6.95. The van der Waals surface area contributed by atoms with Gasteiger partial charge in [-0.05, 0) is 37.4 Å². The quantitative estimate of drug-likeness (QED) is 0.863. The summed E-state index contributed by atoms with van der Waals surface area (Å²) in [6.07, 6.45) is 4.25. The molecular weight excluding hydrogens is 302 g/mol. The fraction of sp³-hybridized carbons (Fsp3) is 0.526. The van der Waals surface area contributed by atoms with E-state index in [2.05, 4.69) is 46.1 Å². The topological polar surface area (TPSA) is 37.8 Å². The van der Waals surface area contributed by atoms with Crippen LogP contribution in [0.2, 0.25) is 0 Å². The molecule has 0 spiro atoms. The lowest BCUT2D eigenvalue weighted by molar-refractivity contribution is 0.0669. The first-order valence-electron chi connectivity index (χ1n) is 8.87. The number of hydrogen-bond donors (Lipinski definition) is 0. The predicted molar refractivity (Wildman–Crippen MR) is 95.9 cm³/mol. The summed E-state index contributed by atoms with van der Waals surface area (Å²) in [5.74, 6) is 0.734. The minimum Gasteiger partial charge on any atom is -0.474 e. The third kappa shape index (κ3) is 3.19. The Bertz CT molecular complexity index is 687. The Balaban J connectivity index is 1.63. The van der Waals surface area contributed by atoms with Crippen molar-refractivity contribution >= 4 is 16.5 Å². The normalized spacial score (nSPS) is 22.2. The third-order valence-electron chi connectivity index (χ3n) is 5.01. The van der Waals surface area contributed by atoms with Crippen LogP contribution in [0.5, 0.6) is 5.88 Å². The highest BCUT2D eigenvalue weighted by Crippen LogP contribution is 2.34. The predicted octanol–water partition coefficient (Wildman–Crippen LogP) is 2.54. The van der Waals surface area contributed by atoms with Crippen molar-refractivity contribution in [3.63, 3.8) is 0 Å². The van der Waals surface area contributed by atoms with Gasteiger partial charge in [-0.25, -0.2) is 4.98 Å². The van der Waals surface area contributed by atoms with E-state index in [1.54, 1.807) is 0 Å². The van der Waals surface area contributed by atoms with Crippen molar-refractivity contribution in [2.45, 2.75) is 18.9 Å². The van der Waals surface area contributed by atoms with E-state index in [-0.39, 0.29) is 6.10 Å². The van der Waals surface area contributed by atoms with Crippen molar-refractivity contribution in [3.8, 4) is 5.88 Å². The second-order valence-corrected chi connectivity index (χ2v) is 6.73. The Kier molecular flexibility index (Phi) is 4.54. The fourth-order valence-corrected chi connectivity index (χ4v) is 3.55. The largest absolute Gasteiger partial charge is 0.474 e. The number of aromatic nitrogens is 1. The highest BCUT2D eigenvalue weighted by atomic mass is 16.5. The molecule has 1 atom stereocenters. The summed E-state index contributed by atoms with van der Waals surface area (Å²) < 4.78 is 11.8. The van der Waals surface area contributed by atoms with Gasteiger partial charge in [-0.15, -0.1) is 0 Å². The summed E-state index contributed by atoms with van der Waals surface area (Å²) in [6, 6.07) is 8.51. The molecule has 1 unspecified atom stereocenters. The van der Waals surface area contributed by atoms with Crippen LogP contribution in [0.15, 0.2) is 30.5 Å². The number of ether oxygens (including phenoxy) is 2. The van der Waals surface area contributed by atoms with Crippen molar-refractivity contribution in [2.24, 2.45) is 0 Å². The average molecular weight is 327 g/mol. The van der Waals surface area contributed by atoms with Crippen LogP contribution in [0.3, 0.4) is 0 Å². The molecule has 5 heteroatoms. The Morgan fingerprint density at radius 3 is 2.88 bits per heavy atom. The standard InChI is InChI=1S/C19H25N3O2/c1-21-9-11-22(12-10-21)17-6-2-4-15-7-8-20-19(18(15)17)24-14-16-5-3-13-23-16/h2,4,6-8,16H,3,5,9-14H2,1H3.